The summed E-state index contributed by atoms with van der Waals surface area (Å²) in [5.41, 5.74) is -0.712. The molecule has 224 valence electrons. The summed E-state index contributed by atoms with van der Waals surface area (Å²) in [5, 5.41) is 0. The lowest BCUT2D eigenvalue weighted by Crippen LogP contribution is -2.08. The van der Waals surface area contributed by atoms with Crippen LogP contribution in [-0.2, 0) is 23.7 Å². The third-order valence-corrected chi connectivity index (χ3v) is 8.94. The van der Waals surface area contributed by atoms with E-state index in [-0.39, 0.29) is 10.9 Å². The van der Waals surface area contributed by atoms with Crippen LogP contribution in [0.15, 0.2) is 0 Å². The van der Waals surface area contributed by atoms with Crippen molar-refractivity contribution in [3.8, 4) is 0 Å². The quantitative estimate of drug-likeness (QED) is 0.0293. The third-order valence-electron chi connectivity index (χ3n) is 6.25. The van der Waals surface area contributed by atoms with Crippen molar-refractivity contribution >= 4 is 31.3 Å². The Morgan fingerprint density at radius 3 is 1.11 bits per heavy atom. The zero-order valence-electron chi connectivity index (χ0n) is 24.5. The van der Waals surface area contributed by atoms with Crippen molar-refractivity contribution in [1.82, 2.24) is 0 Å². The van der Waals surface area contributed by atoms with Crippen molar-refractivity contribution < 1.29 is 28.6 Å². The van der Waals surface area contributed by atoms with Crippen LogP contribution in [0.3, 0.4) is 0 Å². The van der Waals surface area contributed by atoms with Crippen LogP contribution in [0.25, 0.3) is 0 Å². The first-order valence-electron chi connectivity index (χ1n) is 15.2. The summed E-state index contributed by atoms with van der Waals surface area (Å²) in [6.45, 7) is 8.10. The molecule has 37 heavy (non-hydrogen) atoms. The number of hydrogen-bond acceptors (Lipinski definition) is 7. The van der Waals surface area contributed by atoms with Crippen LogP contribution in [0, 0.1) is 0 Å². The topological polar surface area (TPSA) is 74.2 Å². The molecular formula is C28H59O6PS2. The summed E-state index contributed by atoms with van der Waals surface area (Å²) in [5.74, 6) is 1.86. The van der Waals surface area contributed by atoms with Crippen LogP contribution in [0.5, 0.6) is 0 Å². The maximum Gasteiger partial charge on any atom is 0.526 e. The number of unbranched alkanes of at least 4 members (excludes halogenated alkanes) is 18. The van der Waals surface area contributed by atoms with Crippen LogP contribution < -0.4 is 0 Å². The molecule has 0 aromatic heterocycles. The van der Waals surface area contributed by atoms with Gasteiger partial charge in [0.05, 0.1) is 0 Å². The molecule has 0 heterocycles. The molecule has 0 spiro atoms. The van der Waals surface area contributed by atoms with Gasteiger partial charge in [0.25, 0.3) is 0 Å². The molecule has 1 N–H and O–H groups in total. The molecule has 0 aliphatic rings. The van der Waals surface area contributed by atoms with Crippen LogP contribution in [0.1, 0.15) is 156 Å². The molecule has 0 saturated heterocycles. The number of phosphoric acid groups is 1. The molecule has 0 rings (SSSR count). The van der Waals surface area contributed by atoms with Gasteiger partial charge in [-0.25, -0.2) is 14.3 Å². The number of thioether (sulfide) groups is 2. The fourth-order valence-electron chi connectivity index (χ4n) is 3.98. The molecule has 0 fully saturated rings. The van der Waals surface area contributed by atoms with Crippen molar-refractivity contribution in [3.05, 3.63) is 0 Å². The van der Waals surface area contributed by atoms with E-state index in [9.17, 15) is 9.46 Å². The summed E-state index contributed by atoms with van der Waals surface area (Å²) < 4.78 is 21.3. The van der Waals surface area contributed by atoms with E-state index < -0.39 is 7.82 Å². The summed E-state index contributed by atoms with van der Waals surface area (Å²) in [6, 6.07) is 0. The van der Waals surface area contributed by atoms with Crippen molar-refractivity contribution in [1.29, 1.82) is 0 Å². The van der Waals surface area contributed by atoms with Crippen LogP contribution in [0.2, 0.25) is 0 Å². The van der Waals surface area contributed by atoms with Crippen molar-refractivity contribution in [2.24, 2.45) is 0 Å². The van der Waals surface area contributed by atoms with Gasteiger partial charge in [-0.05, 0) is 38.2 Å². The Balaban J connectivity index is 3.56. The van der Waals surface area contributed by atoms with Crippen LogP contribution >= 0.6 is 31.3 Å². The normalized spacial score (nSPS) is 15.1. The van der Waals surface area contributed by atoms with E-state index >= 15 is 0 Å². The Labute approximate surface area is 237 Å². The molecule has 0 aliphatic carbocycles. The van der Waals surface area contributed by atoms with Gasteiger partial charge in [0.1, 0.15) is 10.9 Å². The van der Waals surface area contributed by atoms with Gasteiger partial charge in [-0.1, -0.05) is 129 Å². The Morgan fingerprint density at radius 1 is 0.541 bits per heavy atom. The molecule has 0 radical (unpaired) electrons. The highest BCUT2D eigenvalue weighted by molar-refractivity contribution is 7.99. The maximum absolute atomic E-state index is 12.0. The van der Waals surface area contributed by atoms with Crippen molar-refractivity contribution in [2.75, 3.05) is 11.5 Å². The molecule has 2 atom stereocenters. The first-order chi connectivity index (χ1) is 17.9. The van der Waals surface area contributed by atoms with Crippen LogP contribution in [0.4, 0.5) is 0 Å². The third kappa shape index (κ3) is 29.5. The van der Waals surface area contributed by atoms with E-state index in [2.05, 4.69) is 23.2 Å². The highest BCUT2D eigenvalue weighted by Gasteiger charge is 2.27. The average Bonchev–Trinajstić information content (AvgIpc) is 2.88. The first-order valence-corrected chi connectivity index (χ1v) is 18.8. The average molecular weight is 587 g/mol. The Kier molecular flexibility index (Phi) is 28.8. The summed E-state index contributed by atoms with van der Waals surface area (Å²) in [6.07, 6.45) is 26.1. The van der Waals surface area contributed by atoms with Gasteiger partial charge < -0.3 is 0 Å². The van der Waals surface area contributed by atoms with E-state index in [0.717, 1.165) is 24.3 Å². The standard InChI is InChI=1S/C28H59O6PS2/c1-5-7-9-11-13-15-17-19-21-23-25-36-27(3)31-33-35(29,30)34-32-28(4)37-26-24-22-20-18-16-14-12-10-8-6-2/h27-28H,5-26H2,1-4H3,(H,29,30). The molecule has 0 bridgehead atoms. The zero-order chi connectivity index (χ0) is 27.5. The molecule has 0 saturated carbocycles. The minimum atomic E-state index is -4.41. The second-order valence-corrected chi connectivity index (χ2v) is 14.1. The maximum atomic E-state index is 12.0. The lowest BCUT2D eigenvalue weighted by Gasteiger charge is -2.16. The van der Waals surface area contributed by atoms with Gasteiger partial charge in [-0.2, -0.15) is 0 Å². The largest absolute Gasteiger partial charge is 0.526 e. The van der Waals surface area contributed by atoms with Gasteiger partial charge in [-0.15, -0.1) is 32.9 Å². The minimum Gasteiger partial charge on any atom is -0.299 e. The molecule has 0 aromatic carbocycles. The molecule has 6 nitrogen and oxygen atoms in total. The number of rotatable bonds is 30. The lowest BCUT2D eigenvalue weighted by atomic mass is 10.1. The first kappa shape index (κ1) is 37.7. The predicted octanol–water partition coefficient (Wildman–Crippen LogP) is 11.0. The Bertz CT molecular complexity index is 475. The SMILES string of the molecule is CCCCCCCCCCCCSC(C)OOP(=O)(O)OOC(C)SCCCCCCCCCCCC. The van der Waals surface area contributed by atoms with E-state index in [1.807, 2.05) is 0 Å². The van der Waals surface area contributed by atoms with Gasteiger partial charge in [-0.3, -0.25) is 4.89 Å². The van der Waals surface area contributed by atoms with E-state index in [4.69, 9.17) is 9.78 Å². The van der Waals surface area contributed by atoms with Gasteiger partial charge in [0.2, 0.25) is 0 Å². The monoisotopic (exact) mass is 586 g/mol. The number of hydrogen-bond donors (Lipinski definition) is 1. The zero-order valence-corrected chi connectivity index (χ0v) is 27.0. The van der Waals surface area contributed by atoms with E-state index in [0.29, 0.717) is 0 Å². The molecule has 0 aliphatic heterocycles. The second kappa shape index (κ2) is 28.3. The lowest BCUT2D eigenvalue weighted by molar-refractivity contribution is -0.285. The molecule has 0 amide bonds. The van der Waals surface area contributed by atoms with Gasteiger partial charge in [0.15, 0.2) is 0 Å². The molecule has 9 heteroatoms. The molecule has 2 unspecified atom stereocenters. The minimum absolute atomic E-state index is 0.356. The fraction of sp³-hybridized carbons (Fsp3) is 1.00. The van der Waals surface area contributed by atoms with Crippen molar-refractivity contribution in [3.63, 3.8) is 0 Å². The highest BCUT2D eigenvalue weighted by Crippen LogP contribution is 2.45. The summed E-state index contributed by atoms with van der Waals surface area (Å²) in [4.78, 5) is 19.9. The smallest absolute Gasteiger partial charge is 0.299 e. The fourth-order valence-corrected chi connectivity index (χ4v) is 6.19. The van der Waals surface area contributed by atoms with Crippen molar-refractivity contribution in [2.45, 2.75) is 167 Å². The Hall–Kier alpha value is 0.730. The highest BCUT2D eigenvalue weighted by atomic mass is 32.2. The van der Waals surface area contributed by atoms with Gasteiger partial charge >= 0.3 is 7.82 Å². The van der Waals surface area contributed by atoms with Gasteiger partial charge in [0, 0.05) is 0 Å². The molecular weight excluding hydrogens is 527 g/mol. The molecule has 0 aromatic rings. The van der Waals surface area contributed by atoms with E-state index in [1.54, 1.807) is 37.4 Å². The summed E-state index contributed by atoms with van der Waals surface area (Å²) >= 11 is 3.13. The summed E-state index contributed by atoms with van der Waals surface area (Å²) in [7, 11) is -4.41. The predicted molar refractivity (Wildman–Crippen MR) is 162 cm³/mol. The van der Waals surface area contributed by atoms with Crippen LogP contribution in [-0.4, -0.2) is 27.3 Å². The Morgan fingerprint density at radius 2 is 0.811 bits per heavy atom. The van der Waals surface area contributed by atoms with E-state index in [1.165, 1.54) is 116 Å². The second-order valence-electron chi connectivity index (χ2n) is 10.1.